The second kappa shape index (κ2) is 6.43. The summed E-state index contributed by atoms with van der Waals surface area (Å²) in [6.07, 6.45) is 1.51. The van der Waals surface area contributed by atoms with E-state index in [-0.39, 0.29) is 12.3 Å². The molecule has 0 saturated carbocycles. The van der Waals surface area contributed by atoms with Gasteiger partial charge in [0, 0.05) is 38.7 Å². The minimum atomic E-state index is -0.856. The van der Waals surface area contributed by atoms with Crippen LogP contribution in [0.4, 0.5) is 0 Å². The maximum absolute atomic E-state index is 12.1. The minimum Gasteiger partial charge on any atom is -0.496 e. The number of benzene rings is 1. The predicted octanol–water partition coefficient (Wildman–Crippen LogP) is 1.59. The molecule has 2 aliphatic rings. The molecule has 130 valence electrons. The van der Waals surface area contributed by atoms with Crippen molar-refractivity contribution in [2.24, 2.45) is 5.92 Å². The van der Waals surface area contributed by atoms with E-state index in [9.17, 15) is 14.7 Å². The number of nitrogens with zero attached hydrogens (tertiary/aromatic N) is 2. The van der Waals surface area contributed by atoms with Crippen molar-refractivity contribution in [3.63, 3.8) is 0 Å². The van der Waals surface area contributed by atoms with Crippen LogP contribution in [-0.2, 0) is 16.1 Å². The normalized spacial score (nSPS) is 23.7. The molecule has 24 heavy (non-hydrogen) atoms. The summed E-state index contributed by atoms with van der Waals surface area (Å²) in [7, 11) is 3.42. The van der Waals surface area contributed by atoms with Gasteiger partial charge in [0.05, 0.1) is 18.6 Å². The van der Waals surface area contributed by atoms with E-state index in [1.54, 1.807) is 19.1 Å². The minimum absolute atomic E-state index is 0.0550. The summed E-state index contributed by atoms with van der Waals surface area (Å²) in [5.74, 6) is -0.635. The Labute approximate surface area is 142 Å². The Morgan fingerprint density at radius 3 is 2.62 bits per heavy atom. The Morgan fingerprint density at radius 1 is 1.33 bits per heavy atom. The van der Waals surface area contributed by atoms with E-state index in [0.717, 1.165) is 30.9 Å². The molecule has 6 heteroatoms. The number of carbonyl (C=O) groups excluding carboxylic acids is 1. The number of rotatable bonds is 4. The van der Waals surface area contributed by atoms with Crippen LogP contribution in [0, 0.1) is 5.92 Å². The van der Waals surface area contributed by atoms with Crippen molar-refractivity contribution in [2.45, 2.75) is 31.3 Å². The summed E-state index contributed by atoms with van der Waals surface area (Å²) >= 11 is 0. The van der Waals surface area contributed by atoms with Crippen molar-refractivity contribution in [1.82, 2.24) is 9.80 Å². The molecule has 2 saturated heterocycles. The van der Waals surface area contributed by atoms with Crippen LogP contribution in [0.5, 0.6) is 5.75 Å². The average molecular weight is 332 g/mol. The van der Waals surface area contributed by atoms with Crippen LogP contribution in [-0.4, -0.2) is 59.6 Å². The maximum Gasteiger partial charge on any atom is 0.309 e. The molecular weight excluding hydrogens is 308 g/mol. The second-order valence-corrected chi connectivity index (χ2v) is 6.74. The topological polar surface area (TPSA) is 70.1 Å². The largest absolute Gasteiger partial charge is 0.496 e. The molecule has 1 atom stereocenters. The first-order valence-electron chi connectivity index (χ1n) is 8.31. The van der Waals surface area contributed by atoms with Gasteiger partial charge in [-0.15, -0.1) is 0 Å². The number of methoxy groups -OCH3 is 1. The number of carboxylic acids is 1. The number of amides is 1. The molecule has 1 aromatic rings. The Balaban J connectivity index is 1.71. The highest BCUT2D eigenvalue weighted by Gasteiger charge is 2.55. The van der Waals surface area contributed by atoms with Crippen molar-refractivity contribution < 1.29 is 19.4 Å². The standard InChI is InChI=1S/C18H24N2O4/c1-19-16(21)11-14(17(22)23)18(19)7-9-20(10-8-18)12-13-5-3-4-6-15(13)24-2/h3-6,14H,7-12H2,1-2H3,(H,22,23)/t14-/m1/s1. The molecule has 0 radical (unpaired) electrons. The monoisotopic (exact) mass is 332 g/mol. The van der Waals surface area contributed by atoms with Gasteiger partial charge in [-0.3, -0.25) is 14.5 Å². The molecule has 1 spiro atoms. The van der Waals surface area contributed by atoms with Crippen molar-refractivity contribution in [1.29, 1.82) is 0 Å². The van der Waals surface area contributed by atoms with Gasteiger partial charge in [0.15, 0.2) is 0 Å². The fourth-order valence-electron chi connectivity index (χ4n) is 4.16. The van der Waals surface area contributed by atoms with E-state index < -0.39 is 17.4 Å². The first-order chi connectivity index (χ1) is 11.5. The second-order valence-electron chi connectivity index (χ2n) is 6.74. The fourth-order valence-corrected chi connectivity index (χ4v) is 4.16. The third-order valence-electron chi connectivity index (χ3n) is 5.68. The summed E-state index contributed by atoms with van der Waals surface area (Å²) < 4.78 is 5.40. The highest BCUT2D eigenvalue weighted by molar-refractivity contribution is 5.88. The van der Waals surface area contributed by atoms with E-state index in [1.165, 1.54) is 0 Å². The highest BCUT2D eigenvalue weighted by Crippen LogP contribution is 2.43. The Bertz CT molecular complexity index is 638. The van der Waals surface area contributed by atoms with E-state index in [1.807, 2.05) is 18.2 Å². The highest BCUT2D eigenvalue weighted by atomic mass is 16.5. The van der Waals surface area contributed by atoms with Crippen molar-refractivity contribution in [3.05, 3.63) is 29.8 Å². The van der Waals surface area contributed by atoms with Gasteiger partial charge < -0.3 is 14.7 Å². The Kier molecular flexibility index (Phi) is 4.49. The summed E-state index contributed by atoms with van der Waals surface area (Å²) in [5, 5.41) is 9.53. The Hall–Kier alpha value is -2.08. The zero-order valence-corrected chi connectivity index (χ0v) is 14.2. The lowest BCUT2D eigenvalue weighted by molar-refractivity contribution is -0.146. The van der Waals surface area contributed by atoms with Crippen molar-refractivity contribution in [2.75, 3.05) is 27.2 Å². The van der Waals surface area contributed by atoms with Crippen molar-refractivity contribution in [3.8, 4) is 5.75 Å². The van der Waals surface area contributed by atoms with Crippen LogP contribution >= 0.6 is 0 Å². The van der Waals surface area contributed by atoms with E-state index >= 15 is 0 Å². The van der Waals surface area contributed by atoms with Gasteiger partial charge in [0.1, 0.15) is 5.75 Å². The van der Waals surface area contributed by atoms with Crippen LogP contribution in [0.15, 0.2) is 24.3 Å². The molecule has 0 aliphatic carbocycles. The van der Waals surface area contributed by atoms with E-state index in [0.29, 0.717) is 12.8 Å². The number of para-hydroxylation sites is 1. The third kappa shape index (κ3) is 2.75. The molecule has 1 N–H and O–H groups in total. The number of hydrogen-bond acceptors (Lipinski definition) is 4. The molecule has 1 amide bonds. The van der Waals surface area contributed by atoms with Gasteiger partial charge in [0.25, 0.3) is 0 Å². The molecular formula is C18H24N2O4. The molecule has 3 rings (SSSR count). The molecule has 2 fully saturated rings. The van der Waals surface area contributed by atoms with Crippen LogP contribution in [0.3, 0.4) is 0 Å². The van der Waals surface area contributed by atoms with Gasteiger partial charge in [-0.2, -0.15) is 0 Å². The maximum atomic E-state index is 12.1. The lowest BCUT2D eigenvalue weighted by atomic mass is 9.77. The van der Waals surface area contributed by atoms with E-state index in [4.69, 9.17) is 4.74 Å². The van der Waals surface area contributed by atoms with Crippen LogP contribution < -0.4 is 4.74 Å². The van der Waals surface area contributed by atoms with Crippen molar-refractivity contribution >= 4 is 11.9 Å². The van der Waals surface area contributed by atoms with Crippen LogP contribution in [0.1, 0.15) is 24.8 Å². The number of likely N-dealkylation sites (tertiary alicyclic amines) is 2. The van der Waals surface area contributed by atoms with Gasteiger partial charge in [-0.05, 0) is 18.9 Å². The lowest BCUT2D eigenvalue weighted by Gasteiger charge is -2.45. The SMILES string of the molecule is COc1ccccc1CN1CCC2(CC1)[C@@H](C(=O)O)CC(=O)N2C. The third-order valence-corrected chi connectivity index (χ3v) is 5.68. The van der Waals surface area contributed by atoms with Gasteiger partial charge in [0.2, 0.25) is 5.91 Å². The molecule has 0 aromatic heterocycles. The number of carbonyl (C=O) groups is 2. The predicted molar refractivity (Wildman–Crippen MR) is 88.7 cm³/mol. The molecule has 6 nitrogen and oxygen atoms in total. The van der Waals surface area contributed by atoms with Crippen LogP contribution in [0.2, 0.25) is 0 Å². The smallest absolute Gasteiger partial charge is 0.309 e. The number of piperidine rings is 1. The quantitative estimate of drug-likeness (QED) is 0.907. The molecule has 0 unspecified atom stereocenters. The van der Waals surface area contributed by atoms with Crippen LogP contribution in [0.25, 0.3) is 0 Å². The average Bonchev–Trinajstić information content (AvgIpc) is 2.83. The summed E-state index contributed by atoms with van der Waals surface area (Å²) in [4.78, 5) is 27.7. The summed E-state index contributed by atoms with van der Waals surface area (Å²) in [5.41, 5.74) is 0.599. The van der Waals surface area contributed by atoms with Gasteiger partial charge in [-0.25, -0.2) is 0 Å². The summed E-state index contributed by atoms with van der Waals surface area (Å²) in [6, 6.07) is 7.94. The zero-order chi connectivity index (χ0) is 17.3. The Morgan fingerprint density at radius 2 is 2.00 bits per heavy atom. The number of ether oxygens (including phenoxy) is 1. The first kappa shape index (κ1) is 16.8. The molecule has 2 heterocycles. The number of hydrogen-bond donors (Lipinski definition) is 1. The van der Waals surface area contributed by atoms with Gasteiger partial charge >= 0.3 is 5.97 Å². The van der Waals surface area contributed by atoms with E-state index in [2.05, 4.69) is 11.0 Å². The first-order valence-corrected chi connectivity index (χ1v) is 8.31. The molecule has 1 aromatic carbocycles. The number of carboxylic acid groups (broad SMARTS) is 1. The zero-order valence-electron chi connectivity index (χ0n) is 14.2. The lowest BCUT2D eigenvalue weighted by Crippen LogP contribution is -2.55. The molecule has 0 bridgehead atoms. The number of aliphatic carboxylic acids is 1. The molecule has 2 aliphatic heterocycles. The van der Waals surface area contributed by atoms with Gasteiger partial charge in [-0.1, -0.05) is 18.2 Å². The summed E-state index contributed by atoms with van der Waals surface area (Å²) in [6.45, 7) is 2.33. The fraction of sp³-hybridized carbons (Fsp3) is 0.556.